The molecule has 0 radical (unpaired) electrons. The standard InChI is InChI=1S/C17H12F3N5O3/c18-17(19,20)12-4-7-14-22-23-15(24(14)10-12)9-21-16(26)8-3-11-1-5-13(6-2-11)25(27)28/h1-8,10H,9H2,(H,21,26)/b8-3+. The van der Waals surface area contributed by atoms with Crippen LogP contribution in [0.4, 0.5) is 18.9 Å². The molecule has 0 saturated carbocycles. The number of carbonyl (C=O) groups excluding carboxylic acids is 1. The number of carbonyl (C=O) groups is 1. The third-order valence-corrected chi connectivity index (χ3v) is 3.75. The molecule has 0 fully saturated rings. The Kier molecular flexibility index (Phi) is 5.07. The third kappa shape index (κ3) is 4.31. The molecule has 1 N–H and O–H groups in total. The average Bonchev–Trinajstić information content (AvgIpc) is 3.06. The number of hydrogen-bond donors (Lipinski definition) is 1. The van der Waals surface area contributed by atoms with E-state index in [0.717, 1.165) is 16.7 Å². The van der Waals surface area contributed by atoms with Gasteiger partial charge in [-0.2, -0.15) is 13.2 Å². The number of hydrogen-bond acceptors (Lipinski definition) is 5. The highest BCUT2D eigenvalue weighted by Gasteiger charge is 2.31. The normalized spacial score (nSPS) is 11.8. The lowest BCUT2D eigenvalue weighted by molar-refractivity contribution is -0.384. The quantitative estimate of drug-likeness (QED) is 0.409. The number of nitrogens with zero attached hydrogens (tertiary/aromatic N) is 4. The molecule has 28 heavy (non-hydrogen) atoms. The van der Waals surface area contributed by atoms with Crippen LogP contribution >= 0.6 is 0 Å². The van der Waals surface area contributed by atoms with E-state index in [1.165, 1.54) is 42.5 Å². The summed E-state index contributed by atoms with van der Waals surface area (Å²) in [4.78, 5) is 22.0. The molecular weight excluding hydrogens is 379 g/mol. The molecule has 0 unspecified atom stereocenters. The molecule has 2 heterocycles. The van der Waals surface area contributed by atoms with Crippen molar-refractivity contribution in [2.75, 3.05) is 0 Å². The van der Waals surface area contributed by atoms with Crippen LogP contribution in [0.15, 0.2) is 48.7 Å². The van der Waals surface area contributed by atoms with E-state index in [9.17, 15) is 28.1 Å². The van der Waals surface area contributed by atoms with E-state index in [2.05, 4.69) is 15.5 Å². The van der Waals surface area contributed by atoms with Crippen LogP contribution in [0.25, 0.3) is 11.7 Å². The first-order chi connectivity index (χ1) is 13.2. The Balaban J connectivity index is 1.66. The molecular formula is C17H12F3N5O3. The fourth-order valence-electron chi connectivity index (χ4n) is 2.33. The molecule has 0 atom stereocenters. The molecule has 0 bridgehead atoms. The summed E-state index contributed by atoms with van der Waals surface area (Å²) in [5.74, 6) is -0.375. The number of aromatic nitrogens is 3. The Morgan fingerprint density at radius 3 is 2.54 bits per heavy atom. The summed E-state index contributed by atoms with van der Waals surface area (Å²) in [5.41, 5.74) is -0.133. The van der Waals surface area contributed by atoms with Gasteiger partial charge in [0.25, 0.3) is 5.69 Å². The molecule has 0 aliphatic rings. The fraction of sp³-hybridized carbons (Fsp3) is 0.118. The largest absolute Gasteiger partial charge is 0.417 e. The maximum atomic E-state index is 12.8. The molecule has 2 aromatic heterocycles. The lowest BCUT2D eigenvalue weighted by Crippen LogP contribution is -2.21. The Morgan fingerprint density at radius 1 is 1.18 bits per heavy atom. The molecule has 0 spiro atoms. The molecule has 144 valence electrons. The Hall–Kier alpha value is -3.76. The lowest BCUT2D eigenvalue weighted by atomic mass is 10.2. The van der Waals surface area contributed by atoms with Gasteiger partial charge in [-0.3, -0.25) is 19.3 Å². The van der Waals surface area contributed by atoms with Crippen molar-refractivity contribution >= 4 is 23.3 Å². The summed E-state index contributed by atoms with van der Waals surface area (Å²) in [6.07, 6.45) is -0.996. The van der Waals surface area contributed by atoms with Crippen molar-refractivity contribution in [2.45, 2.75) is 12.7 Å². The van der Waals surface area contributed by atoms with Crippen LogP contribution in [0, 0.1) is 10.1 Å². The predicted octanol–water partition coefficient (Wildman–Crippen LogP) is 2.99. The Labute approximate surface area is 155 Å². The van der Waals surface area contributed by atoms with E-state index < -0.39 is 22.6 Å². The Morgan fingerprint density at radius 2 is 1.89 bits per heavy atom. The summed E-state index contributed by atoms with van der Waals surface area (Å²) < 4.78 is 39.6. The van der Waals surface area contributed by atoms with E-state index in [1.54, 1.807) is 0 Å². The number of benzene rings is 1. The molecule has 0 aliphatic heterocycles. The molecule has 0 saturated heterocycles. The van der Waals surface area contributed by atoms with Crippen LogP contribution in [0.2, 0.25) is 0 Å². The van der Waals surface area contributed by atoms with E-state index >= 15 is 0 Å². The van der Waals surface area contributed by atoms with Crippen molar-refractivity contribution in [3.05, 3.63) is 75.7 Å². The molecule has 3 rings (SSSR count). The number of halogens is 3. The molecule has 0 aliphatic carbocycles. The monoisotopic (exact) mass is 391 g/mol. The summed E-state index contributed by atoms with van der Waals surface area (Å²) in [6, 6.07) is 7.66. The zero-order chi connectivity index (χ0) is 20.3. The second-order valence-corrected chi connectivity index (χ2v) is 5.66. The number of non-ortho nitro benzene ring substituents is 1. The molecule has 3 aromatic rings. The average molecular weight is 391 g/mol. The number of nitro benzene ring substituents is 1. The van der Waals surface area contributed by atoms with Crippen molar-refractivity contribution in [1.82, 2.24) is 19.9 Å². The van der Waals surface area contributed by atoms with Crippen molar-refractivity contribution in [3.63, 3.8) is 0 Å². The molecule has 1 aromatic carbocycles. The minimum atomic E-state index is -4.51. The highest BCUT2D eigenvalue weighted by atomic mass is 19.4. The number of fused-ring (bicyclic) bond motifs is 1. The SMILES string of the molecule is O=C(/C=C/c1ccc([N+](=O)[O-])cc1)NCc1nnc2ccc(C(F)(F)F)cn12. The van der Waals surface area contributed by atoms with Gasteiger partial charge in [-0.15, -0.1) is 10.2 Å². The highest BCUT2D eigenvalue weighted by Crippen LogP contribution is 2.29. The number of nitrogens with one attached hydrogen (secondary N) is 1. The summed E-state index contributed by atoms with van der Waals surface area (Å²) in [7, 11) is 0. The van der Waals surface area contributed by atoms with Crippen LogP contribution in [-0.4, -0.2) is 25.4 Å². The first-order valence-corrected chi connectivity index (χ1v) is 7.85. The van der Waals surface area contributed by atoms with Gasteiger partial charge in [0.05, 0.1) is 17.0 Å². The van der Waals surface area contributed by atoms with Gasteiger partial charge in [0, 0.05) is 24.4 Å². The van der Waals surface area contributed by atoms with Gasteiger partial charge in [0.15, 0.2) is 11.5 Å². The van der Waals surface area contributed by atoms with Crippen LogP contribution in [0.1, 0.15) is 17.0 Å². The van der Waals surface area contributed by atoms with Gasteiger partial charge in [-0.05, 0) is 35.9 Å². The van der Waals surface area contributed by atoms with Gasteiger partial charge in [-0.25, -0.2) is 0 Å². The zero-order valence-corrected chi connectivity index (χ0v) is 14.1. The summed E-state index contributed by atoms with van der Waals surface area (Å²) in [5, 5.41) is 20.6. The summed E-state index contributed by atoms with van der Waals surface area (Å²) >= 11 is 0. The minimum absolute atomic E-state index is 0.0708. The van der Waals surface area contributed by atoms with Crippen LogP contribution in [-0.2, 0) is 17.5 Å². The van der Waals surface area contributed by atoms with Crippen molar-refractivity contribution in [2.24, 2.45) is 0 Å². The number of nitro groups is 1. The van der Waals surface area contributed by atoms with Gasteiger partial charge in [0.2, 0.25) is 5.91 Å². The molecule has 1 amide bonds. The predicted molar refractivity (Wildman–Crippen MR) is 92.0 cm³/mol. The molecule has 11 heteroatoms. The van der Waals surface area contributed by atoms with Gasteiger partial charge in [0.1, 0.15) is 0 Å². The van der Waals surface area contributed by atoms with Crippen LogP contribution in [0.3, 0.4) is 0 Å². The van der Waals surface area contributed by atoms with Gasteiger partial charge in [-0.1, -0.05) is 0 Å². The number of rotatable bonds is 5. The van der Waals surface area contributed by atoms with Gasteiger partial charge >= 0.3 is 6.18 Å². The van der Waals surface area contributed by atoms with Crippen LogP contribution < -0.4 is 5.32 Å². The van der Waals surface area contributed by atoms with E-state index in [4.69, 9.17) is 0 Å². The molecule has 8 nitrogen and oxygen atoms in total. The third-order valence-electron chi connectivity index (χ3n) is 3.75. The maximum absolute atomic E-state index is 12.8. The first-order valence-electron chi connectivity index (χ1n) is 7.85. The Bertz CT molecular complexity index is 1060. The smallest absolute Gasteiger partial charge is 0.345 e. The number of pyridine rings is 1. The number of amides is 1. The number of alkyl halides is 3. The summed E-state index contributed by atoms with van der Waals surface area (Å²) in [6.45, 7) is -0.133. The van der Waals surface area contributed by atoms with E-state index in [1.807, 2.05) is 0 Å². The minimum Gasteiger partial charge on any atom is -0.345 e. The lowest BCUT2D eigenvalue weighted by Gasteiger charge is -2.07. The first kappa shape index (κ1) is 19.0. The second kappa shape index (κ2) is 7.47. The topological polar surface area (TPSA) is 102 Å². The van der Waals surface area contributed by atoms with Crippen molar-refractivity contribution < 1.29 is 22.9 Å². The maximum Gasteiger partial charge on any atom is 0.417 e. The van der Waals surface area contributed by atoms with E-state index in [0.29, 0.717) is 5.56 Å². The van der Waals surface area contributed by atoms with E-state index in [-0.39, 0.29) is 23.7 Å². The van der Waals surface area contributed by atoms with Crippen LogP contribution in [0.5, 0.6) is 0 Å². The second-order valence-electron chi connectivity index (χ2n) is 5.66. The van der Waals surface area contributed by atoms with Crippen molar-refractivity contribution in [1.29, 1.82) is 0 Å². The highest BCUT2D eigenvalue weighted by molar-refractivity contribution is 5.91. The zero-order valence-electron chi connectivity index (χ0n) is 14.1. The fourth-order valence-corrected chi connectivity index (χ4v) is 2.33. The van der Waals surface area contributed by atoms with Crippen molar-refractivity contribution in [3.8, 4) is 0 Å². The van der Waals surface area contributed by atoms with Gasteiger partial charge < -0.3 is 5.32 Å².